The van der Waals surface area contributed by atoms with Gasteiger partial charge in [-0.05, 0) is 36.0 Å². The summed E-state index contributed by atoms with van der Waals surface area (Å²) in [7, 11) is -5.65. The van der Waals surface area contributed by atoms with Gasteiger partial charge < -0.3 is 4.18 Å². The molecule has 2 rings (SSSR count). The van der Waals surface area contributed by atoms with Gasteiger partial charge in [0.1, 0.15) is 4.88 Å². The molecule has 0 aliphatic carbocycles. The zero-order valence-electron chi connectivity index (χ0n) is 16.7. The van der Waals surface area contributed by atoms with Crippen LogP contribution in [0.1, 0.15) is 60.4 Å². The minimum absolute atomic E-state index is 0.135. The molecular weight excluding hydrogens is 456 g/mol. The van der Waals surface area contributed by atoms with E-state index < -0.39 is 32.6 Å². The number of thiophene rings is 1. The molecule has 0 amide bonds. The molecule has 170 valence electrons. The first-order valence-corrected chi connectivity index (χ1v) is 10.8. The average Bonchev–Trinajstić information content (AvgIpc) is 2.97. The van der Waals surface area contributed by atoms with E-state index in [-0.39, 0.29) is 11.8 Å². The van der Waals surface area contributed by atoms with Crippen molar-refractivity contribution in [3.05, 3.63) is 45.3 Å². The van der Waals surface area contributed by atoms with Gasteiger partial charge in [-0.15, -0.1) is 11.3 Å². The van der Waals surface area contributed by atoms with Crippen molar-refractivity contribution in [3.63, 3.8) is 0 Å². The number of alkyl halides is 6. The Morgan fingerprint density at radius 3 is 1.87 bits per heavy atom. The Morgan fingerprint density at radius 1 is 1.00 bits per heavy atom. The minimum atomic E-state index is -5.65. The summed E-state index contributed by atoms with van der Waals surface area (Å²) in [5.41, 5.74) is -4.35. The Labute approximate surface area is 175 Å². The lowest BCUT2D eigenvalue weighted by atomic mass is 10.1. The largest absolute Gasteiger partial charge is 0.534 e. The van der Waals surface area contributed by atoms with Gasteiger partial charge in [-0.2, -0.15) is 34.8 Å². The average molecular weight is 477 g/mol. The summed E-state index contributed by atoms with van der Waals surface area (Å²) in [4.78, 5) is 3.83. The number of hydrogen-bond donors (Lipinski definition) is 0. The maximum atomic E-state index is 12.3. The molecule has 12 heteroatoms. The zero-order chi connectivity index (χ0) is 23.5. The standard InChI is InChI=1S/C9H10F3NO3S.C9H11F3S/c1-6(2)7-3-4-8(13-5-7)16-17(14,15)9(10,11)12;1-5(2)7-4-6(3)8(13-7)9(10,11)12/h3-6H,1-2H3;4-5H,1-3H3. The van der Waals surface area contributed by atoms with E-state index in [9.17, 15) is 34.8 Å². The van der Waals surface area contributed by atoms with Gasteiger partial charge in [0.05, 0.1) is 0 Å². The van der Waals surface area contributed by atoms with E-state index in [4.69, 9.17) is 0 Å². The van der Waals surface area contributed by atoms with Gasteiger partial charge in [-0.1, -0.05) is 33.8 Å². The third-order valence-corrected chi connectivity index (χ3v) is 6.21. The van der Waals surface area contributed by atoms with E-state index >= 15 is 0 Å². The highest BCUT2D eigenvalue weighted by Gasteiger charge is 2.48. The summed E-state index contributed by atoms with van der Waals surface area (Å²) in [6.07, 6.45) is -2.92. The van der Waals surface area contributed by atoms with E-state index in [1.165, 1.54) is 19.2 Å². The highest BCUT2D eigenvalue weighted by Crippen LogP contribution is 2.39. The molecule has 0 atom stereocenters. The number of nitrogens with zero attached hydrogens (tertiary/aromatic N) is 1. The Balaban J connectivity index is 0.000000311. The highest BCUT2D eigenvalue weighted by molar-refractivity contribution is 7.87. The Bertz CT molecular complexity index is 930. The van der Waals surface area contributed by atoms with Gasteiger partial charge in [0.25, 0.3) is 0 Å². The normalized spacial score (nSPS) is 12.7. The molecule has 0 fully saturated rings. The summed E-state index contributed by atoms with van der Waals surface area (Å²) < 4.78 is 98.1. The number of pyridine rings is 1. The second-order valence-electron chi connectivity index (χ2n) is 6.88. The second kappa shape index (κ2) is 9.54. The number of halogens is 6. The molecule has 0 saturated carbocycles. The molecule has 0 aliphatic heterocycles. The predicted octanol–water partition coefficient (Wildman–Crippen LogP) is 6.63. The molecule has 2 aromatic rings. The van der Waals surface area contributed by atoms with Gasteiger partial charge in [0, 0.05) is 17.1 Å². The van der Waals surface area contributed by atoms with Crippen LogP contribution in [-0.4, -0.2) is 18.9 Å². The van der Waals surface area contributed by atoms with Crippen molar-refractivity contribution in [2.24, 2.45) is 0 Å². The Morgan fingerprint density at radius 2 is 1.57 bits per heavy atom. The lowest BCUT2D eigenvalue weighted by Crippen LogP contribution is -2.28. The van der Waals surface area contributed by atoms with Crippen molar-refractivity contribution < 1.29 is 38.9 Å². The van der Waals surface area contributed by atoms with E-state index in [1.807, 2.05) is 27.7 Å². The third kappa shape index (κ3) is 7.15. The molecule has 0 bridgehead atoms. The number of aromatic nitrogens is 1. The molecule has 0 radical (unpaired) electrons. The monoisotopic (exact) mass is 477 g/mol. The molecule has 0 saturated heterocycles. The maximum Gasteiger partial charge on any atom is 0.534 e. The summed E-state index contributed by atoms with van der Waals surface area (Å²) in [5.74, 6) is -0.303. The Hall–Kier alpha value is -1.82. The first-order chi connectivity index (χ1) is 13.5. The fraction of sp³-hybridized carbons (Fsp3) is 0.500. The molecule has 2 heterocycles. The molecular formula is C18H21F6NO3S2. The smallest absolute Gasteiger partial charge is 0.355 e. The van der Waals surface area contributed by atoms with Crippen LogP contribution in [0.4, 0.5) is 26.3 Å². The van der Waals surface area contributed by atoms with Crippen LogP contribution < -0.4 is 4.18 Å². The van der Waals surface area contributed by atoms with Crippen molar-refractivity contribution in [3.8, 4) is 5.88 Å². The van der Waals surface area contributed by atoms with Crippen molar-refractivity contribution in [2.45, 2.75) is 58.1 Å². The van der Waals surface area contributed by atoms with Crippen molar-refractivity contribution in [1.29, 1.82) is 0 Å². The molecule has 30 heavy (non-hydrogen) atoms. The fourth-order valence-electron chi connectivity index (χ4n) is 2.01. The Kier molecular flexibility index (Phi) is 8.34. The molecule has 2 aromatic heterocycles. The molecule has 0 aliphatic rings. The van der Waals surface area contributed by atoms with Crippen molar-refractivity contribution in [1.82, 2.24) is 4.98 Å². The summed E-state index contributed by atoms with van der Waals surface area (Å²) in [6, 6.07) is 4.16. The lowest BCUT2D eigenvalue weighted by molar-refractivity contribution is -0.134. The van der Waals surface area contributed by atoms with E-state index in [0.717, 1.165) is 27.8 Å². The second-order valence-corrected chi connectivity index (χ2v) is 9.50. The van der Waals surface area contributed by atoms with E-state index in [1.54, 1.807) is 6.07 Å². The van der Waals surface area contributed by atoms with Crippen LogP contribution in [-0.2, 0) is 16.3 Å². The molecule has 4 nitrogen and oxygen atoms in total. The van der Waals surface area contributed by atoms with E-state index in [2.05, 4.69) is 9.17 Å². The van der Waals surface area contributed by atoms with Crippen LogP contribution in [0.3, 0.4) is 0 Å². The molecule has 0 aromatic carbocycles. The van der Waals surface area contributed by atoms with Gasteiger partial charge in [0.2, 0.25) is 5.88 Å². The predicted molar refractivity (Wildman–Crippen MR) is 102 cm³/mol. The molecule has 0 N–H and O–H groups in total. The van der Waals surface area contributed by atoms with Crippen LogP contribution in [0.15, 0.2) is 24.4 Å². The number of aryl methyl sites for hydroxylation is 1. The van der Waals surface area contributed by atoms with Crippen molar-refractivity contribution in [2.75, 3.05) is 0 Å². The van der Waals surface area contributed by atoms with E-state index in [0.29, 0.717) is 5.56 Å². The molecule has 0 spiro atoms. The van der Waals surface area contributed by atoms with Gasteiger partial charge in [-0.3, -0.25) is 0 Å². The van der Waals surface area contributed by atoms with Crippen LogP contribution in [0, 0.1) is 6.92 Å². The minimum Gasteiger partial charge on any atom is -0.355 e. The van der Waals surface area contributed by atoms with Crippen LogP contribution in [0.5, 0.6) is 5.88 Å². The summed E-state index contributed by atoms with van der Waals surface area (Å²) in [6.45, 7) is 9.02. The van der Waals surface area contributed by atoms with Crippen LogP contribution >= 0.6 is 11.3 Å². The van der Waals surface area contributed by atoms with Crippen molar-refractivity contribution >= 4 is 21.5 Å². The third-order valence-electron chi connectivity index (χ3n) is 3.67. The quantitative estimate of drug-likeness (QED) is 0.282. The molecule has 0 unspecified atom stereocenters. The van der Waals surface area contributed by atoms with Gasteiger partial charge in [-0.25, -0.2) is 4.98 Å². The highest BCUT2D eigenvalue weighted by atomic mass is 32.2. The zero-order valence-corrected chi connectivity index (χ0v) is 18.4. The first kappa shape index (κ1) is 26.2. The number of rotatable bonds is 4. The summed E-state index contributed by atoms with van der Waals surface area (Å²) in [5, 5.41) is 0. The van der Waals surface area contributed by atoms with Gasteiger partial charge >= 0.3 is 21.8 Å². The maximum absolute atomic E-state index is 12.3. The summed E-state index contributed by atoms with van der Waals surface area (Å²) >= 11 is 0.850. The first-order valence-electron chi connectivity index (χ1n) is 8.60. The van der Waals surface area contributed by atoms with Gasteiger partial charge in [0.15, 0.2) is 0 Å². The fourth-order valence-corrected chi connectivity index (χ4v) is 3.48. The lowest BCUT2D eigenvalue weighted by Gasteiger charge is -2.09. The van der Waals surface area contributed by atoms with Crippen LogP contribution in [0.25, 0.3) is 0 Å². The topological polar surface area (TPSA) is 56.3 Å². The SMILES string of the molecule is CC(C)c1ccc(OS(=O)(=O)C(F)(F)F)nc1.Cc1cc(C(C)C)sc1C(F)(F)F. The number of hydrogen-bond acceptors (Lipinski definition) is 5. The van der Waals surface area contributed by atoms with Crippen LogP contribution in [0.2, 0.25) is 0 Å².